The van der Waals surface area contributed by atoms with E-state index < -0.39 is 11.7 Å². The zero-order valence-corrected chi connectivity index (χ0v) is 19.8. The van der Waals surface area contributed by atoms with Gasteiger partial charge in [0.25, 0.3) is 0 Å². The number of halogens is 3. The second kappa shape index (κ2) is 10.6. The van der Waals surface area contributed by atoms with Gasteiger partial charge in [0, 0.05) is 28.8 Å². The lowest BCUT2D eigenvalue weighted by Crippen LogP contribution is -2.10. The number of hydrogen-bond donors (Lipinski definition) is 1. The summed E-state index contributed by atoms with van der Waals surface area (Å²) in [5.41, 5.74) is 0.916. The largest absolute Gasteiger partial charge is 0.493 e. The second-order valence-corrected chi connectivity index (χ2v) is 9.44. The molecule has 10 heteroatoms. The molecule has 0 bridgehead atoms. The average molecular weight is 495 g/mol. The average Bonchev–Trinajstić information content (AvgIpc) is 3.49. The van der Waals surface area contributed by atoms with Gasteiger partial charge < -0.3 is 10.1 Å². The fourth-order valence-electron chi connectivity index (χ4n) is 3.44. The normalized spacial score (nSPS) is 11.9. The van der Waals surface area contributed by atoms with E-state index >= 15 is 0 Å². The third-order valence-corrected chi connectivity index (χ3v) is 6.68. The minimum Gasteiger partial charge on any atom is -0.493 e. The molecule has 0 aliphatic carbocycles. The van der Waals surface area contributed by atoms with E-state index in [2.05, 4.69) is 22.2 Å². The molecule has 4 rings (SSSR count). The Balaban J connectivity index is 1.41. The van der Waals surface area contributed by atoms with Crippen LogP contribution in [0.15, 0.2) is 41.4 Å². The molecule has 3 aromatic heterocycles. The predicted octanol–water partition coefficient (Wildman–Crippen LogP) is 8.02. The first-order valence-electron chi connectivity index (χ1n) is 10.9. The quantitative estimate of drug-likeness (QED) is 0.215. The summed E-state index contributed by atoms with van der Waals surface area (Å²) in [5.74, 6) is -0.139. The number of anilines is 2. The molecule has 5 nitrogen and oxygen atoms in total. The van der Waals surface area contributed by atoms with Crippen LogP contribution in [-0.2, 0) is 6.18 Å². The van der Waals surface area contributed by atoms with Gasteiger partial charge in [-0.1, -0.05) is 39.0 Å². The van der Waals surface area contributed by atoms with E-state index in [-0.39, 0.29) is 12.4 Å². The fraction of sp³-hybridized carbons (Fsp3) is 0.391. The summed E-state index contributed by atoms with van der Waals surface area (Å²) in [6.07, 6.45) is 5.58. The van der Waals surface area contributed by atoms with Gasteiger partial charge in [0.15, 0.2) is 10.1 Å². The zero-order valence-electron chi connectivity index (χ0n) is 18.2. The van der Waals surface area contributed by atoms with Gasteiger partial charge in [-0.25, -0.2) is 9.97 Å². The van der Waals surface area contributed by atoms with E-state index in [1.807, 2.05) is 27.6 Å². The van der Waals surface area contributed by atoms with Crippen LogP contribution in [0.4, 0.5) is 24.0 Å². The molecule has 1 N–H and O–H groups in total. The summed E-state index contributed by atoms with van der Waals surface area (Å²) in [6.45, 7) is 2.43. The molecule has 1 aromatic carbocycles. The van der Waals surface area contributed by atoms with Crippen LogP contribution >= 0.6 is 22.7 Å². The molecule has 0 aliphatic rings. The maximum atomic E-state index is 13.6. The molecule has 0 fully saturated rings. The van der Waals surface area contributed by atoms with Gasteiger partial charge in [0.05, 0.1) is 12.2 Å². The number of alkyl halides is 3. The van der Waals surface area contributed by atoms with Crippen LogP contribution in [0.3, 0.4) is 0 Å². The number of rotatable bonds is 11. The van der Waals surface area contributed by atoms with Gasteiger partial charge >= 0.3 is 6.18 Å². The molecule has 0 saturated heterocycles. The second-order valence-electron chi connectivity index (χ2n) is 7.71. The van der Waals surface area contributed by atoms with Gasteiger partial charge in [0.2, 0.25) is 0 Å². The highest BCUT2D eigenvalue weighted by atomic mass is 32.1. The molecule has 4 aromatic rings. The maximum absolute atomic E-state index is 13.6. The van der Waals surface area contributed by atoms with Gasteiger partial charge in [-0.3, -0.25) is 4.40 Å². The lowest BCUT2D eigenvalue weighted by atomic mass is 10.1. The lowest BCUT2D eigenvalue weighted by molar-refractivity contribution is -0.138. The Morgan fingerprint density at radius 3 is 2.64 bits per heavy atom. The van der Waals surface area contributed by atoms with E-state index in [9.17, 15) is 13.2 Å². The summed E-state index contributed by atoms with van der Waals surface area (Å²) >= 11 is 2.84. The van der Waals surface area contributed by atoms with Crippen LogP contribution in [-0.4, -0.2) is 21.0 Å². The summed E-state index contributed by atoms with van der Waals surface area (Å²) in [6, 6.07) is 4.03. The zero-order chi connectivity index (χ0) is 23.3. The van der Waals surface area contributed by atoms with Crippen LogP contribution in [0.2, 0.25) is 0 Å². The fourth-order valence-corrected chi connectivity index (χ4v) is 4.87. The Bertz CT molecular complexity index is 1150. The van der Waals surface area contributed by atoms with Gasteiger partial charge in [-0.15, -0.1) is 22.7 Å². The third kappa shape index (κ3) is 6.05. The maximum Gasteiger partial charge on any atom is 0.420 e. The number of unbranched alkanes of at least 4 members (excludes halogenated alkanes) is 5. The first-order valence-corrected chi connectivity index (χ1v) is 12.7. The van der Waals surface area contributed by atoms with Crippen molar-refractivity contribution in [3.63, 3.8) is 0 Å². The number of imidazole rings is 1. The molecule has 0 spiro atoms. The topological polar surface area (TPSA) is 51.5 Å². The molecule has 0 atom stereocenters. The Morgan fingerprint density at radius 2 is 1.85 bits per heavy atom. The van der Waals surface area contributed by atoms with Crippen LogP contribution in [0.25, 0.3) is 16.3 Å². The monoisotopic (exact) mass is 494 g/mol. The first kappa shape index (κ1) is 23.6. The molecule has 33 heavy (non-hydrogen) atoms. The van der Waals surface area contributed by atoms with Crippen LogP contribution in [0.1, 0.15) is 51.0 Å². The standard InChI is InChI=1S/C23H25F3N4OS2/c1-2-3-4-5-6-7-11-31-20-9-8-16(13-17(20)23(24,25)26)27-21-28-19(15-33-21)18-14-30-10-12-32-22(30)29-18/h8-10,12-15H,2-7,11H2,1H3,(H,27,28). The highest BCUT2D eigenvalue weighted by molar-refractivity contribution is 7.15. The molecular formula is C23H25F3N4OS2. The third-order valence-electron chi connectivity index (χ3n) is 5.15. The van der Waals surface area contributed by atoms with Gasteiger partial charge in [0.1, 0.15) is 17.1 Å². The number of hydrogen-bond acceptors (Lipinski definition) is 6. The lowest BCUT2D eigenvalue weighted by Gasteiger charge is -2.15. The van der Waals surface area contributed by atoms with Crippen LogP contribution < -0.4 is 10.1 Å². The van der Waals surface area contributed by atoms with Crippen molar-refractivity contribution in [1.82, 2.24) is 14.4 Å². The van der Waals surface area contributed by atoms with Gasteiger partial charge in [-0.2, -0.15) is 13.2 Å². The molecule has 0 amide bonds. The highest BCUT2D eigenvalue weighted by Gasteiger charge is 2.34. The number of nitrogens with zero attached hydrogens (tertiary/aromatic N) is 3. The van der Waals surface area contributed by atoms with Crippen molar-refractivity contribution in [1.29, 1.82) is 0 Å². The molecule has 3 heterocycles. The number of benzene rings is 1. The Kier molecular flexibility index (Phi) is 7.54. The van der Waals surface area contributed by atoms with Crippen molar-refractivity contribution in [3.8, 4) is 17.1 Å². The summed E-state index contributed by atoms with van der Waals surface area (Å²) in [4.78, 5) is 9.85. The Labute approximate surface area is 198 Å². The van der Waals surface area contributed by atoms with E-state index in [4.69, 9.17) is 4.74 Å². The summed E-state index contributed by atoms with van der Waals surface area (Å²) < 4.78 is 48.3. The van der Waals surface area contributed by atoms with Crippen molar-refractivity contribution in [2.24, 2.45) is 0 Å². The number of ether oxygens (including phenoxy) is 1. The number of nitrogens with one attached hydrogen (secondary N) is 1. The SMILES string of the molecule is CCCCCCCCOc1ccc(Nc2nc(-c3cn4ccsc4n3)cs2)cc1C(F)(F)F. The summed E-state index contributed by atoms with van der Waals surface area (Å²) in [5, 5.41) is 7.25. The number of thiazole rings is 2. The van der Waals surface area contributed by atoms with Crippen molar-refractivity contribution in [3.05, 3.63) is 46.9 Å². The van der Waals surface area contributed by atoms with E-state index in [1.165, 1.54) is 35.2 Å². The number of fused-ring (bicyclic) bond motifs is 1. The molecular weight excluding hydrogens is 469 g/mol. The smallest absolute Gasteiger partial charge is 0.420 e. The molecule has 0 saturated carbocycles. The summed E-state index contributed by atoms with van der Waals surface area (Å²) in [7, 11) is 0. The minimum atomic E-state index is -4.51. The first-order chi connectivity index (χ1) is 15.9. The van der Waals surface area contributed by atoms with Crippen molar-refractivity contribution in [2.45, 2.75) is 51.6 Å². The molecule has 0 radical (unpaired) electrons. The number of aromatic nitrogens is 3. The molecule has 0 unspecified atom stereocenters. The van der Waals surface area contributed by atoms with Crippen LogP contribution in [0.5, 0.6) is 5.75 Å². The van der Waals surface area contributed by atoms with E-state index in [0.29, 0.717) is 16.5 Å². The van der Waals surface area contributed by atoms with Crippen molar-refractivity contribution < 1.29 is 17.9 Å². The molecule has 176 valence electrons. The van der Waals surface area contributed by atoms with Crippen molar-refractivity contribution >= 4 is 38.5 Å². The van der Waals surface area contributed by atoms with Gasteiger partial charge in [-0.05, 0) is 24.6 Å². The minimum absolute atomic E-state index is 0.139. The Morgan fingerprint density at radius 1 is 1.03 bits per heavy atom. The van der Waals surface area contributed by atoms with Crippen molar-refractivity contribution in [2.75, 3.05) is 11.9 Å². The van der Waals surface area contributed by atoms with Crippen LogP contribution in [0, 0.1) is 0 Å². The molecule has 0 aliphatic heterocycles. The van der Waals surface area contributed by atoms with E-state index in [1.54, 1.807) is 6.07 Å². The highest BCUT2D eigenvalue weighted by Crippen LogP contribution is 2.39. The predicted molar refractivity (Wildman–Crippen MR) is 128 cm³/mol. The Hall–Kier alpha value is -2.59. The van der Waals surface area contributed by atoms with E-state index in [0.717, 1.165) is 48.8 Å².